The SMILES string of the molecule is CCOC(=O)[C@H]1C2[C@@H](O)C[C@@](NC(=O)[C@H](C)NC(=O)OC(C)(C)C)(C(=O)OCC)[C@@H]21. The van der Waals surface area contributed by atoms with Gasteiger partial charge in [-0.2, -0.15) is 0 Å². The first-order valence-electron chi connectivity index (χ1n) is 10.2. The fourth-order valence-electron chi connectivity index (χ4n) is 4.14. The monoisotopic (exact) mass is 428 g/mol. The van der Waals surface area contributed by atoms with Crippen LogP contribution in [-0.2, 0) is 28.6 Å². The molecule has 0 spiro atoms. The predicted octanol–water partition coefficient (Wildman–Crippen LogP) is 0.508. The van der Waals surface area contributed by atoms with Crippen LogP contribution in [0.3, 0.4) is 0 Å². The van der Waals surface area contributed by atoms with Gasteiger partial charge in [0.15, 0.2) is 0 Å². The van der Waals surface area contributed by atoms with Gasteiger partial charge in [0.05, 0.1) is 25.2 Å². The van der Waals surface area contributed by atoms with Gasteiger partial charge in [0.1, 0.15) is 17.2 Å². The smallest absolute Gasteiger partial charge is 0.408 e. The zero-order valence-electron chi connectivity index (χ0n) is 18.3. The molecule has 2 aliphatic carbocycles. The molecular weight excluding hydrogens is 396 g/mol. The Balaban J connectivity index is 2.18. The third kappa shape index (κ3) is 4.85. The zero-order chi connectivity index (χ0) is 22.9. The van der Waals surface area contributed by atoms with Crippen molar-refractivity contribution in [2.75, 3.05) is 13.2 Å². The first-order valence-corrected chi connectivity index (χ1v) is 10.2. The van der Waals surface area contributed by atoms with Gasteiger partial charge in [0.2, 0.25) is 5.91 Å². The Bertz CT molecular complexity index is 703. The van der Waals surface area contributed by atoms with E-state index >= 15 is 0 Å². The molecule has 0 bridgehead atoms. The van der Waals surface area contributed by atoms with E-state index in [4.69, 9.17) is 14.2 Å². The maximum atomic E-state index is 12.8. The summed E-state index contributed by atoms with van der Waals surface area (Å²) in [5.41, 5.74) is -2.31. The second-order valence-corrected chi connectivity index (χ2v) is 8.70. The molecule has 30 heavy (non-hydrogen) atoms. The summed E-state index contributed by atoms with van der Waals surface area (Å²) in [4.78, 5) is 49.8. The molecule has 2 rings (SSSR count). The summed E-state index contributed by atoms with van der Waals surface area (Å²) >= 11 is 0. The van der Waals surface area contributed by atoms with Gasteiger partial charge < -0.3 is 30.0 Å². The number of amides is 2. The number of ether oxygens (including phenoxy) is 3. The number of carbonyl (C=O) groups excluding carboxylic acids is 4. The minimum atomic E-state index is -1.57. The molecule has 10 heteroatoms. The number of aliphatic hydroxyl groups excluding tert-OH is 1. The van der Waals surface area contributed by atoms with E-state index < -0.39 is 65.0 Å². The fourth-order valence-corrected chi connectivity index (χ4v) is 4.14. The topological polar surface area (TPSA) is 140 Å². The molecule has 0 aromatic heterocycles. The van der Waals surface area contributed by atoms with Crippen LogP contribution in [0.15, 0.2) is 0 Å². The molecule has 6 atom stereocenters. The minimum Gasteiger partial charge on any atom is -0.466 e. The summed E-state index contributed by atoms with van der Waals surface area (Å²) in [5.74, 6) is -3.73. The van der Waals surface area contributed by atoms with Crippen LogP contribution < -0.4 is 10.6 Å². The first kappa shape index (κ1) is 23.9. The molecule has 0 heterocycles. The number of rotatable bonds is 7. The second-order valence-electron chi connectivity index (χ2n) is 8.70. The molecule has 170 valence electrons. The summed E-state index contributed by atoms with van der Waals surface area (Å²) in [6.45, 7) is 10.0. The molecule has 2 fully saturated rings. The predicted molar refractivity (Wildman–Crippen MR) is 104 cm³/mol. The van der Waals surface area contributed by atoms with Gasteiger partial charge in [0, 0.05) is 18.3 Å². The number of carbonyl (C=O) groups is 4. The third-order valence-electron chi connectivity index (χ3n) is 5.29. The van der Waals surface area contributed by atoms with Crippen molar-refractivity contribution >= 4 is 23.9 Å². The lowest BCUT2D eigenvalue weighted by molar-refractivity contribution is -0.156. The number of fused-ring (bicyclic) bond motifs is 1. The van der Waals surface area contributed by atoms with Crippen molar-refractivity contribution in [2.45, 2.75) is 71.2 Å². The Labute approximate surface area is 176 Å². The number of aliphatic hydroxyl groups is 1. The molecular formula is C20H32N2O8. The van der Waals surface area contributed by atoms with Crippen LogP contribution in [0, 0.1) is 17.8 Å². The molecule has 10 nitrogen and oxygen atoms in total. The molecule has 2 amide bonds. The molecule has 0 aromatic rings. The maximum Gasteiger partial charge on any atom is 0.408 e. The van der Waals surface area contributed by atoms with Crippen molar-refractivity contribution in [2.24, 2.45) is 17.8 Å². The Hall–Kier alpha value is -2.36. The quantitative estimate of drug-likeness (QED) is 0.393. The van der Waals surface area contributed by atoms with Crippen LogP contribution in [0.4, 0.5) is 4.79 Å². The average Bonchev–Trinajstić information content (AvgIpc) is 3.29. The van der Waals surface area contributed by atoms with Crippen molar-refractivity contribution in [3.8, 4) is 0 Å². The van der Waals surface area contributed by atoms with Gasteiger partial charge in [-0.15, -0.1) is 0 Å². The van der Waals surface area contributed by atoms with Crippen LogP contribution in [0.2, 0.25) is 0 Å². The molecule has 3 N–H and O–H groups in total. The van der Waals surface area contributed by atoms with Gasteiger partial charge in [0.25, 0.3) is 0 Å². The molecule has 2 saturated carbocycles. The summed E-state index contributed by atoms with van der Waals surface area (Å²) in [6, 6.07) is -1.03. The van der Waals surface area contributed by atoms with E-state index in [1.165, 1.54) is 6.92 Å². The Morgan fingerprint density at radius 1 is 1.13 bits per heavy atom. The summed E-state index contributed by atoms with van der Waals surface area (Å²) < 4.78 is 15.3. The highest BCUT2D eigenvalue weighted by Gasteiger charge is 2.76. The van der Waals surface area contributed by atoms with E-state index in [0.29, 0.717) is 0 Å². The molecule has 0 aliphatic heterocycles. The number of hydrogen-bond acceptors (Lipinski definition) is 8. The van der Waals surface area contributed by atoms with Crippen molar-refractivity contribution in [1.29, 1.82) is 0 Å². The van der Waals surface area contributed by atoms with Gasteiger partial charge in [-0.1, -0.05) is 0 Å². The Morgan fingerprint density at radius 2 is 1.73 bits per heavy atom. The van der Waals surface area contributed by atoms with Gasteiger partial charge in [-0.3, -0.25) is 9.59 Å². The van der Waals surface area contributed by atoms with E-state index in [1.807, 2.05) is 0 Å². The van der Waals surface area contributed by atoms with Gasteiger partial charge in [-0.05, 0) is 41.5 Å². The number of hydrogen-bond donors (Lipinski definition) is 3. The molecule has 0 aromatic carbocycles. The lowest BCUT2D eigenvalue weighted by atomic mass is 9.89. The van der Waals surface area contributed by atoms with Crippen molar-refractivity contribution in [3.63, 3.8) is 0 Å². The van der Waals surface area contributed by atoms with Gasteiger partial charge >= 0.3 is 18.0 Å². The minimum absolute atomic E-state index is 0.0692. The highest BCUT2D eigenvalue weighted by molar-refractivity contribution is 5.94. The van der Waals surface area contributed by atoms with Crippen LogP contribution in [0.1, 0.15) is 48.0 Å². The van der Waals surface area contributed by atoms with E-state index in [9.17, 15) is 24.3 Å². The zero-order valence-corrected chi connectivity index (χ0v) is 18.3. The van der Waals surface area contributed by atoms with E-state index in [2.05, 4.69) is 10.6 Å². The first-order chi connectivity index (χ1) is 13.9. The maximum absolute atomic E-state index is 12.8. The normalized spacial score (nSPS) is 30.5. The number of esters is 2. The van der Waals surface area contributed by atoms with Gasteiger partial charge in [-0.25, -0.2) is 9.59 Å². The average molecular weight is 428 g/mol. The van der Waals surface area contributed by atoms with Crippen molar-refractivity contribution in [1.82, 2.24) is 10.6 Å². The lowest BCUT2D eigenvalue weighted by Crippen LogP contribution is -2.61. The number of nitrogens with one attached hydrogen (secondary N) is 2. The molecule has 0 saturated heterocycles. The van der Waals surface area contributed by atoms with E-state index in [0.717, 1.165) is 0 Å². The standard InChI is InChI=1S/C20H32N2O8/c1-7-28-16(25)13-12-11(23)9-20(14(12)13,17(26)29-8-2)22-15(24)10(3)21-18(27)30-19(4,5)6/h10-14,23H,7-9H2,1-6H3,(H,21,27)(H,22,24)/t10-,11-,12?,13-,14-,20-/m0/s1. The molecule has 2 aliphatic rings. The molecule has 1 unspecified atom stereocenters. The van der Waals surface area contributed by atoms with Crippen molar-refractivity contribution < 1.29 is 38.5 Å². The summed E-state index contributed by atoms with van der Waals surface area (Å²) in [5, 5.41) is 15.5. The van der Waals surface area contributed by atoms with Crippen molar-refractivity contribution in [3.05, 3.63) is 0 Å². The van der Waals surface area contributed by atoms with E-state index in [-0.39, 0.29) is 19.6 Å². The van der Waals surface area contributed by atoms with Crippen LogP contribution in [0.5, 0.6) is 0 Å². The van der Waals surface area contributed by atoms with Crippen LogP contribution in [-0.4, -0.2) is 65.5 Å². The lowest BCUT2D eigenvalue weighted by Gasteiger charge is -2.32. The summed E-state index contributed by atoms with van der Waals surface area (Å²) in [7, 11) is 0. The Morgan fingerprint density at radius 3 is 2.27 bits per heavy atom. The number of alkyl carbamates (subject to hydrolysis) is 1. The fraction of sp³-hybridized carbons (Fsp3) is 0.800. The van der Waals surface area contributed by atoms with Crippen LogP contribution in [0.25, 0.3) is 0 Å². The third-order valence-corrected chi connectivity index (χ3v) is 5.29. The largest absolute Gasteiger partial charge is 0.466 e. The second kappa shape index (κ2) is 8.79. The molecule has 0 radical (unpaired) electrons. The van der Waals surface area contributed by atoms with Crippen LogP contribution >= 0.6 is 0 Å². The Kier molecular flexibility index (Phi) is 7.01. The van der Waals surface area contributed by atoms with E-state index in [1.54, 1.807) is 34.6 Å². The summed E-state index contributed by atoms with van der Waals surface area (Å²) in [6.07, 6.45) is -1.83. The highest BCUT2D eigenvalue weighted by Crippen LogP contribution is 2.63. The highest BCUT2D eigenvalue weighted by atomic mass is 16.6.